The molecule has 11 heavy (non-hydrogen) atoms. The van der Waals surface area contributed by atoms with Crippen LogP contribution in [-0.2, 0) is 9.53 Å². The van der Waals surface area contributed by atoms with Crippen molar-refractivity contribution in [2.45, 2.75) is 19.1 Å². The molecule has 0 bridgehead atoms. The van der Waals surface area contributed by atoms with Gasteiger partial charge < -0.3 is 14.7 Å². The number of carbonyl (C=O) groups is 1. The van der Waals surface area contributed by atoms with Crippen LogP contribution in [0, 0.1) is 0 Å². The SMILES string of the molecule is CC(=O)N(C)[C@@H]1COC[C@H]1O. The molecular weight excluding hydrogens is 146 g/mol. The second-order valence-corrected chi connectivity index (χ2v) is 2.80. The number of carbonyl (C=O) groups excluding carboxylic acids is 1. The van der Waals surface area contributed by atoms with Gasteiger partial charge in [-0.15, -0.1) is 0 Å². The summed E-state index contributed by atoms with van der Waals surface area (Å²) >= 11 is 0. The number of amides is 1. The largest absolute Gasteiger partial charge is 0.388 e. The highest BCUT2D eigenvalue weighted by atomic mass is 16.5. The van der Waals surface area contributed by atoms with Gasteiger partial charge in [0.15, 0.2) is 0 Å². The van der Waals surface area contributed by atoms with Crippen molar-refractivity contribution in [3.05, 3.63) is 0 Å². The Hall–Kier alpha value is -0.610. The molecule has 0 aromatic carbocycles. The topological polar surface area (TPSA) is 49.8 Å². The van der Waals surface area contributed by atoms with Gasteiger partial charge in [0.25, 0.3) is 0 Å². The number of aliphatic hydroxyl groups excluding tert-OH is 1. The number of ether oxygens (including phenoxy) is 1. The molecule has 1 aliphatic rings. The molecule has 1 N–H and O–H groups in total. The third-order valence-corrected chi connectivity index (χ3v) is 2.02. The lowest BCUT2D eigenvalue weighted by atomic mass is 10.2. The van der Waals surface area contributed by atoms with Gasteiger partial charge in [-0.2, -0.15) is 0 Å². The van der Waals surface area contributed by atoms with E-state index < -0.39 is 6.10 Å². The van der Waals surface area contributed by atoms with E-state index in [0.717, 1.165) is 0 Å². The monoisotopic (exact) mass is 159 g/mol. The van der Waals surface area contributed by atoms with Gasteiger partial charge >= 0.3 is 0 Å². The zero-order valence-corrected chi connectivity index (χ0v) is 6.78. The van der Waals surface area contributed by atoms with E-state index in [9.17, 15) is 9.90 Å². The molecule has 0 aromatic heterocycles. The van der Waals surface area contributed by atoms with Crippen LogP contribution in [0.2, 0.25) is 0 Å². The Morgan fingerprint density at radius 3 is 2.64 bits per heavy atom. The maximum Gasteiger partial charge on any atom is 0.219 e. The molecule has 1 heterocycles. The van der Waals surface area contributed by atoms with Crippen molar-refractivity contribution >= 4 is 5.91 Å². The predicted octanol–water partition coefficient (Wildman–Crippen LogP) is -0.776. The molecule has 0 aliphatic carbocycles. The molecule has 4 heteroatoms. The standard InChI is InChI=1S/C7H13NO3/c1-5(9)8(2)6-3-11-4-7(6)10/h6-7,10H,3-4H2,1-2H3/t6-,7-/m1/s1. The zero-order valence-electron chi connectivity index (χ0n) is 6.78. The first kappa shape index (κ1) is 8.49. The highest BCUT2D eigenvalue weighted by molar-refractivity contribution is 5.73. The van der Waals surface area contributed by atoms with Crippen LogP contribution in [0.3, 0.4) is 0 Å². The van der Waals surface area contributed by atoms with Crippen molar-refractivity contribution in [1.82, 2.24) is 4.90 Å². The minimum atomic E-state index is -0.524. The maximum absolute atomic E-state index is 10.8. The smallest absolute Gasteiger partial charge is 0.219 e. The molecule has 1 rings (SSSR count). The zero-order chi connectivity index (χ0) is 8.43. The van der Waals surface area contributed by atoms with Crippen molar-refractivity contribution in [2.75, 3.05) is 20.3 Å². The number of rotatable bonds is 1. The van der Waals surface area contributed by atoms with E-state index >= 15 is 0 Å². The Labute approximate surface area is 65.8 Å². The van der Waals surface area contributed by atoms with E-state index in [1.165, 1.54) is 11.8 Å². The summed E-state index contributed by atoms with van der Waals surface area (Å²) in [7, 11) is 1.67. The average molecular weight is 159 g/mol. The van der Waals surface area contributed by atoms with Crippen LogP contribution in [0.4, 0.5) is 0 Å². The highest BCUT2D eigenvalue weighted by Crippen LogP contribution is 2.11. The van der Waals surface area contributed by atoms with Crippen molar-refractivity contribution in [2.24, 2.45) is 0 Å². The van der Waals surface area contributed by atoms with E-state index in [4.69, 9.17) is 4.74 Å². The molecule has 4 nitrogen and oxygen atoms in total. The summed E-state index contributed by atoms with van der Waals surface area (Å²) in [6, 6.07) is -0.160. The number of nitrogens with zero attached hydrogens (tertiary/aromatic N) is 1. The molecule has 0 radical (unpaired) electrons. The second kappa shape index (κ2) is 3.19. The quantitative estimate of drug-likeness (QED) is 0.546. The lowest BCUT2D eigenvalue weighted by Crippen LogP contribution is -2.42. The number of likely N-dealkylation sites (N-methyl/N-ethyl adjacent to an activating group) is 1. The fraction of sp³-hybridized carbons (Fsp3) is 0.857. The van der Waals surface area contributed by atoms with E-state index in [-0.39, 0.29) is 11.9 Å². The van der Waals surface area contributed by atoms with E-state index in [2.05, 4.69) is 0 Å². The molecule has 1 fully saturated rings. The Bertz CT molecular complexity index is 160. The summed E-state index contributed by atoms with van der Waals surface area (Å²) in [5.74, 6) is -0.0421. The number of aliphatic hydroxyl groups is 1. The van der Waals surface area contributed by atoms with Gasteiger partial charge in [-0.1, -0.05) is 0 Å². The number of hydrogen-bond acceptors (Lipinski definition) is 3. The van der Waals surface area contributed by atoms with Gasteiger partial charge in [0, 0.05) is 14.0 Å². The van der Waals surface area contributed by atoms with Gasteiger partial charge in [0.2, 0.25) is 5.91 Å². The average Bonchev–Trinajstić information content (AvgIpc) is 2.33. The third-order valence-electron chi connectivity index (χ3n) is 2.02. The molecule has 1 amide bonds. The van der Waals surface area contributed by atoms with E-state index in [1.54, 1.807) is 7.05 Å². The van der Waals surface area contributed by atoms with Crippen molar-refractivity contribution in [1.29, 1.82) is 0 Å². The summed E-state index contributed by atoms with van der Waals surface area (Å²) in [6.45, 7) is 2.25. The van der Waals surface area contributed by atoms with Crippen LogP contribution in [0.15, 0.2) is 0 Å². The van der Waals surface area contributed by atoms with Gasteiger partial charge in [0.05, 0.1) is 25.4 Å². The summed E-state index contributed by atoms with van der Waals surface area (Å²) in [5.41, 5.74) is 0. The van der Waals surface area contributed by atoms with Gasteiger partial charge in [0.1, 0.15) is 0 Å². The summed E-state index contributed by atoms with van der Waals surface area (Å²) < 4.78 is 5.00. The maximum atomic E-state index is 10.8. The third kappa shape index (κ3) is 1.70. The lowest BCUT2D eigenvalue weighted by Gasteiger charge is -2.23. The van der Waals surface area contributed by atoms with E-state index in [1.807, 2.05) is 0 Å². The Balaban J connectivity index is 2.52. The van der Waals surface area contributed by atoms with E-state index in [0.29, 0.717) is 13.2 Å². The normalized spacial score (nSPS) is 30.5. The molecule has 64 valence electrons. The molecule has 2 atom stereocenters. The molecule has 1 aliphatic heterocycles. The first-order valence-electron chi connectivity index (χ1n) is 3.62. The molecule has 0 spiro atoms. The van der Waals surface area contributed by atoms with Crippen molar-refractivity contribution in [3.8, 4) is 0 Å². The van der Waals surface area contributed by atoms with Gasteiger partial charge in [-0.05, 0) is 0 Å². The summed E-state index contributed by atoms with van der Waals surface area (Å²) in [5, 5.41) is 9.29. The summed E-state index contributed by atoms with van der Waals surface area (Å²) in [6.07, 6.45) is -0.524. The molecule has 0 saturated carbocycles. The first-order chi connectivity index (χ1) is 5.13. The molecule has 1 saturated heterocycles. The van der Waals surface area contributed by atoms with Crippen LogP contribution < -0.4 is 0 Å². The van der Waals surface area contributed by atoms with Crippen LogP contribution in [-0.4, -0.2) is 48.3 Å². The summed E-state index contributed by atoms with van der Waals surface area (Å²) in [4.78, 5) is 12.3. The predicted molar refractivity (Wildman–Crippen MR) is 39.1 cm³/mol. The molecule has 0 aromatic rings. The van der Waals surface area contributed by atoms with Crippen molar-refractivity contribution in [3.63, 3.8) is 0 Å². The van der Waals surface area contributed by atoms with Crippen LogP contribution >= 0.6 is 0 Å². The van der Waals surface area contributed by atoms with Crippen LogP contribution in [0.5, 0.6) is 0 Å². The van der Waals surface area contributed by atoms with Gasteiger partial charge in [-0.3, -0.25) is 4.79 Å². The first-order valence-corrected chi connectivity index (χ1v) is 3.62. The minimum Gasteiger partial charge on any atom is -0.388 e. The van der Waals surface area contributed by atoms with Crippen LogP contribution in [0.25, 0.3) is 0 Å². The van der Waals surface area contributed by atoms with Crippen LogP contribution in [0.1, 0.15) is 6.92 Å². The number of hydrogen-bond donors (Lipinski definition) is 1. The second-order valence-electron chi connectivity index (χ2n) is 2.80. The molecular formula is C7H13NO3. The fourth-order valence-electron chi connectivity index (χ4n) is 1.14. The van der Waals surface area contributed by atoms with Crippen molar-refractivity contribution < 1.29 is 14.6 Å². The minimum absolute atomic E-state index is 0.0421. The Morgan fingerprint density at radius 2 is 2.27 bits per heavy atom. The Morgan fingerprint density at radius 1 is 1.64 bits per heavy atom. The van der Waals surface area contributed by atoms with Gasteiger partial charge in [-0.25, -0.2) is 0 Å². The lowest BCUT2D eigenvalue weighted by molar-refractivity contribution is -0.131. The highest BCUT2D eigenvalue weighted by Gasteiger charge is 2.30. The molecule has 0 unspecified atom stereocenters. The fourth-order valence-corrected chi connectivity index (χ4v) is 1.14. The Kier molecular flexibility index (Phi) is 2.46.